The summed E-state index contributed by atoms with van der Waals surface area (Å²) >= 11 is 0. The van der Waals surface area contributed by atoms with Crippen molar-refractivity contribution < 1.29 is 14.3 Å². The number of fused-ring (bicyclic) bond motifs is 4. The molecule has 0 radical (unpaired) electrons. The molecule has 4 heterocycles. The first kappa shape index (κ1) is 18.7. The molecule has 4 aromatic rings. The van der Waals surface area contributed by atoms with Gasteiger partial charge in [0.2, 0.25) is 12.7 Å². The molecule has 0 saturated carbocycles. The fourth-order valence-electron chi connectivity index (χ4n) is 4.65. The molecule has 1 amide bonds. The lowest BCUT2D eigenvalue weighted by Gasteiger charge is -2.35. The molecule has 6 rings (SSSR count). The first-order valence-corrected chi connectivity index (χ1v) is 10.7. The molecule has 0 spiro atoms. The van der Waals surface area contributed by atoms with Gasteiger partial charge < -0.3 is 19.4 Å². The maximum atomic E-state index is 13.4. The van der Waals surface area contributed by atoms with Gasteiger partial charge in [0.25, 0.3) is 0 Å². The number of carbonyl (C=O) groups is 1. The highest BCUT2D eigenvalue weighted by atomic mass is 16.7. The summed E-state index contributed by atoms with van der Waals surface area (Å²) in [5, 5.41) is 1.22. The summed E-state index contributed by atoms with van der Waals surface area (Å²) in [5.74, 6) is 1.41. The van der Waals surface area contributed by atoms with Gasteiger partial charge in [-0.2, -0.15) is 0 Å². The van der Waals surface area contributed by atoms with E-state index in [0.29, 0.717) is 12.3 Å². The first-order valence-electron chi connectivity index (χ1n) is 10.7. The third kappa shape index (κ3) is 3.12. The van der Waals surface area contributed by atoms with Crippen molar-refractivity contribution in [2.45, 2.75) is 12.5 Å². The second-order valence-corrected chi connectivity index (χ2v) is 7.97. The average Bonchev–Trinajstić information content (AvgIpc) is 3.46. The largest absolute Gasteiger partial charge is 0.454 e. The minimum atomic E-state index is -0.241. The van der Waals surface area contributed by atoms with Gasteiger partial charge in [0.15, 0.2) is 11.5 Å². The van der Waals surface area contributed by atoms with Crippen molar-refractivity contribution in [3.63, 3.8) is 0 Å². The lowest BCUT2D eigenvalue weighted by atomic mass is 9.92. The maximum absolute atomic E-state index is 13.4. The molecule has 0 aliphatic carbocycles. The molecule has 1 N–H and O–H groups in total. The van der Waals surface area contributed by atoms with E-state index in [1.165, 1.54) is 10.9 Å². The highest BCUT2D eigenvalue weighted by Crippen LogP contribution is 2.42. The molecule has 2 aliphatic rings. The van der Waals surface area contributed by atoms with Gasteiger partial charge in [-0.25, -0.2) is 0 Å². The Morgan fingerprint density at radius 1 is 1.06 bits per heavy atom. The summed E-state index contributed by atoms with van der Waals surface area (Å²) in [7, 11) is 0. The standard InChI is InChI=1S/C26H21N3O3/c30-24(8-5-17-9-12-27-13-10-17)29-14-11-20-19-3-1-2-4-21(19)28-25(20)26(29)18-6-7-22-23(15-18)32-16-31-22/h1-10,12-13,15,26,28H,11,14,16H2/b8-5+. The van der Waals surface area contributed by atoms with Crippen LogP contribution >= 0.6 is 0 Å². The Labute approximate surface area is 185 Å². The van der Waals surface area contributed by atoms with Crippen LogP contribution < -0.4 is 9.47 Å². The van der Waals surface area contributed by atoms with E-state index in [-0.39, 0.29) is 18.7 Å². The minimum absolute atomic E-state index is 0.0335. The number of hydrogen-bond donors (Lipinski definition) is 1. The van der Waals surface area contributed by atoms with E-state index < -0.39 is 0 Å². The average molecular weight is 423 g/mol. The maximum Gasteiger partial charge on any atom is 0.247 e. The summed E-state index contributed by atoms with van der Waals surface area (Å²) < 4.78 is 11.1. The van der Waals surface area contributed by atoms with Gasteiger partial charge in [-0.05, 0) is 59.5 Å². The molecule has 2 aliphatic heterocycles. The predicted molar refractivity (Wildman–Crippen MR) is 121 cm³/mol. The van der Waals surface area contributed by atoms with E-state index >= 15 is 0 Å². The molecule has 32 heavy (non-hydrogen) atoms. The third-order valence-corrected chi connectivity index (χ3v) is 6.15. The van der Waals surface area contributed by atoms with E-state index in [2.05, 4.69) is 28.2 Å². The van der Waals surface area contributed by atoms with Crippen molar-refractivity contribution in [2.75, 3.05) is 13.3 Å². The summed E-state index contributed by atoms with van der Waals surface area (Å²) in [6.45, 7) is 0.853. The van der Waals surface area contributed by atoms with Crippen molar-refractivity contribution in [2.24, 2.45) is 0 Å². The highest BCUT2D eigenvalue weighted by Gasteiger charge is 2.34. The smallest absolute Gasteiger partial charge is 0.247 e. The van der Waals surface area contributed by atoms with Crippen LogP contribution in [0.25, 0.3) is 17.0 Å². The van der Waals surface area contributed by atoms with Gasteiger partial charge >= 0.3 is 0 Å². The Balaban J connectivity index is 1.44. The van der Waals surface area contributed by atoms with Gasteiger partial charge in [-0.15, -0.1) is 0 Å². The van der Waals surface area contributed by atoms with Gasteiger partial charge in [-0.3, -0.25) is 9.78 Å². The van der Waals surface area contributed by atoms with Gasteiger partial charge in [-0.1, -0.05) is 24.3 Å². The van der Waals surface area contributed by atoms with Gasteiger partial charge in [0.1, 0.15) is 0 Å². The van der Waals surface area contributed by atoms with Crippen molar-refractivity contribution in [1.82, 2.24) is 14.9 Å². The van der Waals surface area contributed by atoms with Crippen molar-refractivity contribution in [3.05, 3.63) is 95.5 Å². The number of nitrogens with zero attached hydrogens (tertiary/aromatic N) is 2. The predicted octanol–water partition coefficient (Wildman–Crippen LogP) is 4.48. The zero-order valence-electron chi connectivity index (χ0n) is 17.3. The Bertz CT molecular complexity index is 1340. The van der Waals surface area contributed by atoms with Crippen LogP contribution in [0.2, 0.25) is 0 Å². The molecule has 6 nitrogen and oxygen atoms in total. The minimum Gasteiger partial charge on any atom is -0.454 e. The molecule has 2 aromatic carbocycles. The summed E-state index contributed by atoms with van der Waals surface area (Å²) in [5.41, 5.74) is 5.35. The van der Waals surface area contributed by atoms with Crippen molar-refractivity contribution in [1.29, 1.82) is 0 Å². The number of hydrogen-bond acceptors (Lipinski definition) is 4. The molecule has 1 unspecified atom stereocenters. The lowest BCUT2D eigenvalue weighted by Crippen LogP contribution is -2.39. The molecule has 0 saturated heterocycles. The fraction of sp³-hybridized carbons (Fsp3) is 0.154. The van der Waals surface area contributed by atoms with E-state index in [0.717, 1.165) is 34.5 Å². The van der Waals surface area contributed by atoms with Crippen molar-refractivity contribution in [3.8, 4) is 11.5 Å². The number of H-pyrrole nitrogens is 1. The summed E-state index contributed by atoms with van der Waals surface area (Å²) in [6.07, 6.45) is 7.72. The molecular formula is C26H21N3O3. The molecule has 2 aromatic heterocycles. The highest BCUT2D eigenvalue weighted by molar-refractivity contribution is 5.93. The number of carbonyl (C=O) groups excluding carboxylic acids is 1. The molecule has 1 atom stereocenters. The van der Waals surface area contributed by atoms with E-state index in [1.54, 1.807) is 18.5 Å². The van der Waals surface area contributed by atoms with Crippen LogP contribution in [0.1, 0.15) is 28.4 Å². The quantitative estimate of drug-likeness (QED) is 0.494. The Morgan fingerprint density at radius 2 is 1.91 bits per heavy atom. The van der Waals surface area contributed by atoms with Crippen LogP contribution in [-0.4, -0.2) is 34.1 Å². The number of nitrogens with one attached hydrogen (secondary N) is 1. The van der Waals surface area contributed by atoms with Crippen LogP contribution in [0.4, 0.5) is 0 Å². The van der Waals surface area contributed by atoms with Gasteiger partial charge in [0, 0.05) is 41.6 Å². The second-order valence-electron chi connectivity index (χ2n) is 7.97. The topological polar surface area (TPSA) is 67.5 Å². The number of rotatable bonds is 3. The fourth-order valence-corrected chi connectivity index (χ4v) is 4.65. The van der Waals surface area contributed by atoms with Gasteiger partial charge in [0.05, 0.1) is 6.04 Å². The van der Waals surface area contributed by atoms with Crippen LogP contribution in [0.5, 0.6) is 11.5 Å². The normalized spacial score (nSPS) is 17.1. The third-order valence-electron chi connectivity index (χ3n) is 6.15. The zero-order chi connectivity index (χ0) is 21.5. The zero-order valence-corrected chi connectivity index (χ0v) is 17.3. The van der Waals surface area contributed by atoms with E-state index in [4.69, 9.17) is 9.47 Å². The monoisotopic (exact) mass is 423 g/mol. The molecule has 6 heteroatoms. The Hall–Kier alpha value is -4.06. The molecule has 0 bridgehead atoms. The Kier molecular flexibility index (Phi) is 4.42. The number of aromatic amines is 1. The number of aromatic nitrogens is 2. The molecule has 158 valence electrons. The summed E-state index contributed by atoms with van der Waals surface area (Å²) in [4.78, 5) is 22.9. The van der Waals surface area contributed by atoms with Crippen molar-refractivity contribution >= 4 is 22.9 Å². The SMILES string of the molecule is O=C(/C=C/c1ccncc1)N1CCc2c([nH]c3ccccc23)C1c1ccc2c(c1)OCO2. The van der Waals surface area contributed by atoms with Crippen LogP contribution in [0.3, 0.4) is 0 Å². The molecule has 0 fully saturated rings. The lowest BCUT2D eigenvalue weighted by molar-refractivity contribution is -0.128. The van der Waals surface area contributed by atoms with Crippen LogP contribution in [-0.2, 0) is 11.2 Å². The second kappa shape index (κ2) is 7.57. The number of amides is 1. The van der Waals surface area contributed by atoms with E-state index in [9.17, 15) is 4.79 Å². The summed E-state index contributed by atoms with van der Waals surface area (Å²) in [6, 6.07) is 17.8. The molecular weight excluding hydrogens is 402 g/mol. The number of benzene rings is 2. The van der Waals surface area contributed by atoms with E-state index in [1.807, 2.05) is 47.4 Å². The Morgan fingerprint density at radius 3 is 2.81 bits per heavy atom. The number of para-hydroxylation sites is 1. The number of pyridine rings is 1. The van der Waals surface area contributed by atoms with Crippen LogP contribution in [0, 0.1) is 0 Å². The van der Waals surface area contributed by atoms with Crippen LogP contribution in [0.15, 0.2) is 73.1 Å². The number of ether oxygens (including phenoxy) is 2. The first-order chi connectivity index (χ1) is 15.8.